The molecule has 3 rings (SSSR count). The van der Waals surface area contributed by atoms with Crippen LogP contribution in [0.25, 0.3) is 16.9 Å². The zero-order valence-corrected chi connectivity index (χ0v) is 12.3. The summed E-state index contributed by atoms with van der Waals surface area (Å²) in [7, 11) is 1.68. The molecule has 3 aromatic rings. The highest BCUT2D eigenvalue weighted by Crippen LogP contribution is 2.25. The Morgan fingerprint density at radius 2 is 2.10 bits per heavy atom. The zero-order chi connectivity index (χ0) is 14.7. The molecule has 4 nitrogen and oxygen atoms in total. The molecule has 0 atom stereocenters. The summed E-state index contributed by atoms with van der Waals surface area (Å²) in [5.41, 5.74) is 3.25. The second-order valence-corrected chi connectivity index (χ2v) is 4.85. The van der Waals surface area contributed by atoms with Crippen LogP contribution in [0.1, 0.15) is 12.6 Å². The van der Waals surface area contributed by atoms with Gasteiger partial charge < -0.3 is 10.1 Å². The molecule has 2 aromatic heterocycles. The minimum Gasteiger partial charge on any atom is -0.497 e. The Hall–Kier alpha value is -2.33. The largest absolute Gasteiger partial charge is 0.497 e. The topological polar surface area (TPSA) is 38.6 Å². The highest BCUT2D eigenvalue weighted by molar-refractivity contribution is 5.66. The van der Waals surface area contributed by atoms with Gasteiger partial charge in [-0.15, -0.1) is 0 Å². The maximum Gasteiger partial charge on any atom is 0.145 e. The van der Waals surface area contributed by atoms with Crippen LogP contribution in [-0.4, -0.2) is 23.0 Å². The SMILES string of the molecule is CCNCc1nc(-c2cccc(OC)c2)n2ccccc12. The van der Waals surface area contributed by atoms with E-state index in [-0.39, 0.29) is 0 Å². The van der Waals surface area contributed by atoms with Crippen LogP contribution in [0.15, 0.2) is 48.7 Å². The maximum atomic E-state index is 5.31. The third-order valence-electron chi connectivity index (χ3n) is 3.49. The van der Waals surface area contributed by atoms with Gasteiger partial charge in [0.2, 0.25) is 0 Å². The van der Waals surface area contributed by atoms with Crippen LogP contribution >= 0.6 is 0 Å². The zero-order valence-electron chi connectivity index (χ0n) is 12.3. The third-order valence-corrected chi connectivity index (χ3v) is 3.49. The second-order valence-electron chi connectivity index (χ2n) is 4.85. The van der Waals surface area contributed by atoms with E-state index in [4.69, 9.17) is 9.72 Å². The van der Waals surface area contributed by atoms with Gasteiger partial charge in [-0.1, -0.05) is 25.1 Å². The van der Waals surface area contributed by atoms with Gasteiger partial charge in [0.25, 0.3) is 0 Å². The molecule has 0 saturated carbocycles. The van der Waals surface area contributed by atoms with Crippen molar-refractivity contribution < 1.29 is 4.74 Å². The molecule has 0 unspecified atom stereocenters. The molecule has 0 amide bonds. The van der Waals surface area contributed by atoms with Crippen LogP contribution in [0.5, 0.6) is 5.75 Å². The Morgan fingerprint density at radius 3 is 2.90 bits per heavy atom. The Labute approximate surface area is 124 Å². The molecule has 108 valence electrons. The maximum absolute atomic E-state index is 5.31. The van der Waals surface area contributed by atoms with Crippen LogP contribution < -0.4 is 10.1 Å². The van der Waals surface area contributed by atoms with Gasteiger partial charge in [-0.05, 0) is 30.8 Å². The number of aromatic nitrogens is 2. The summed E-state index contributed by atoms with van der Waals surface area (Å²) in [4.78, 5) is 4.82. The van der Waals surface area contributed by atoms with Crippen molar-refractivity contribution in [3.63, 3.8) is 0 Å². The molecule has 21 heavy (non-hydrogen) atoms. The second kappa shape index (κ2) is 5.97. The summed E-state index contributed by atoms with van der Waals surface area (Å²) in [5.74, 6) is 1.78. The molecule has 1 N–H and O–H groups in total. The number of imidazole rings is 1. The smallest absolute Gasteiger partial charge is 0.145 e. The van der Waals surface area contributed by atoms with Gasteiger partial charge >= 0.3 is 0 Å². The summed E-state index contributed by atoms with van der Waals surface area (Å²) in [6.45, 7) is 3.80. The average Bonchev–Trinajstić information content (AvgIpc) is 2.92. The van der Waals surface area contributed by atoms with Gasteiger partial charge in [-0.3, -0.25) is 4.40 Å². The van der Waals surface area contributed by atoms with E-state index in [1.54, 1.807) is 7.11 Å². The molecule has 0 aliphatic carbocycles. The molecule has 2 heterocycles. The fourth-order valence-corrected chi connectivity index (χ4v) is 2.44. The van der Waals surface area contributed by atoms with Crippen LogP contribution in [0.2, 0.25) is 0 Å². The Kier molecular flexibility index (Phi) is 3.88. The predicted molar refractivity (Wildman–Crippen MR) is 84.6 cm³/mol. The van der Waals surface area contributed by atoms with E-state index in [9.17, 15) is 0 Å². The van der Waals surface area contributed by atoms with E-state index < -0.39 is 0 Å². The fraction of sp³-hybridized carbons (Fsp3) is 0.235. The number of methoxy groups -OCH3 is 1. The Bertz CT molecular complexity index is 749. The van der Waals surface area contributed by atoms with Crippen molar-refractivity contribution >= 4 is 5.52 Å². The van der Waals surface area contributed by atoms with Crippen LogP contribution in [0.3, 0.4) is 0 Å². The normalized spacial score (nSPS) is 11.0. The number of nitrogens with one attached hydrogen (secondary N) is 1. The summed E-state index contributed by atoms with van der Waals surface area (Å²) in [6, 6.07) is 14.2. The number of ether oxygens (including phenoxy) is 1. The van der Waals surface area contributed by atoms with Crippen molar-refractivity contribution in [3.8, 4) is 17.1 Å². The third kappa shape index (κ3) is 2.62. The number of fused-ring (bicyclic) bond motifs is 1. The lowest BCUT2D eigenvalue weighted by Crippen LogP contribution is -2.12. The monoisotopic (exact) mass is 281 g/mol. The minimum atomic E-state index is 0.772. The van der Waals surface area contributed by atoms with Gasteiger partial charge in [0.05, 0.1) is 18.3 Å². The van der Waals surface area contributed by atoms with Gasteiger partial charge in [-0.25, -0.2) is 4.98 Å². The molecule has 4 heteroatoms. The van der Waals surface area contributed by atoms with Crippen molar-refractivity contribution in [1.29, 1.82) is 0 Å². The van der Waals surface area contributed by atoms with Crippen LogP contribution in [-0.2, 0) is 6.54 Å². The highest BCUT2D eigenvalue weighted by atomic mass is 16.5. The molecule has 0 saturated heterocycles. The van der Waals surface area contributed by atoms with Crippen LogP contribution in [0.4, 0.5) is 0 Å². The first-order valence-corrected chi connectivity index (χ1v) is 7.14. The standard InChI is InChI=1S/C17H19N3O/c1-3-18-12-15-16-9-4-5-10-20(16)17(19-15)13-7-6-8-14(11-13)21-2/h4-11,18H,3,12H2,1-2H3. The molecule has 0 bridgehead atoms. The van der Waals surface area contributed by atoms with Crippen molar-refractivity contribution in [2.45, 2.75) is 13.5 Å². The molecular formula is C17H19N3O. The lowest BCUT2D eigenvalue weighted by Gasteiger charge is -2.03. The number of hydrogen-bond donors (Lipinski definition) is 1. The lowest BCUT2D eigenvalue weighted by atomic mass is 10.2. The number of benzene rings is 1. The summed E-state index contributed by atoms with van der Waals surface area (Å²) < 4.78 is 7.44. The minimum absolute atomic E-state index is 0.772. The number of nitrogens with zero attached hydrogens (tertiary/aromatic N) is 2. The van der Waals surface area contributed by atoms with E-state index in [1.807, 2.05) is 36.5 Å². The fourth-order valence-electron chi connectivity index (χ4n) is 2.44. The Morgan fingerprint density at radius 1 is 1.19 bits per heavy atom. The molecule has 0 aliphatic rings. The first kappa shape index (κ1) is 13.6. The molecule has 0 radical (unpaired) electrons. The van der Waals surface area contributed by atoms with Crippen molar-refractivity contribution in [2.24, 2.45) is 0 Å². The summed E-state index contributed by atoms with van der Waals surface area (Å²) in [5, 5.41) is 3.34. The quantitative estimate of drug-likeness (QED) is 0.781. The van der Waals surface area contributed by atoms with Gasteiger partial charge in [0.15, 0.2) is 0 Å². The number of hydrogen-bond acceptors (Lipinski definition) is 3. The van der Waals surface area contributed by atoms with Crippen molar-refractivity contribution in [3.05, 3.63) is 54.4 Å². The van der Waals surface area contributed by atoms with E-state index >= 15 is 0 Å². The van der Waals surface area contributed by atoms with Gasteiger partial charge in [0, 0.05) is 18.3 Å². The van der Waals surface area contributed by atoms with Crippen molar-refractivity contribution in [1.82, 2.24) is 14.7 Å². The van der Waals surface area contributed by atoms with E-state index in [0.717, 1.165) is 41.4 Å². The van der Waals surface area contributed by atoms with E-state index in [2.05, 4.69) is 28.8 Å². The highest BCUT2D eigenvalue weighted by Gasteiger charge is 2.12. The molecule has 0 spiro atoms. The molecular weight excluding hydrogens is 262 g/mol. The van der Waals surface area contributed by atoms with Gasteiger partial charge in [-0.2, -0.15) is 0 Å². The predicted octanol–water partition coefficient (Wildman–Crippen LogP) is 3.12. The molecule has 0 aliphatic heterocycles. The van der Waals surface area contributed by atoms with Gasteiger partial charge in [0.1, 0.15) is 11.6 Å². The lowest BCUT2D eigenvalue weighted by molar-refractivity contribution is 0.415. The number of rotatable bonds is 5. The Balaban J connectivity index is 2.13. The summed E-state index contributed by atoms with van der Waals surface area (Å²) in [6.07, 6.45) is 2.05. The average molecular weight is 281 g/mol. The van der Waals surface area contributed by atoms with Crippen molar-refractivity contribution in [2.75, 3.05) is 13.7 Å². The van der Waals surface area contributed by atoms with E-state index in [1.165, 1.54) is 0 Å². The first-order valence-electron chi connectivity index (χ1n) is 7.14. The molecule has 0 fully saturated rings. The van der Waals surface area contributed by atoms with E-state index in [0.29, 0.717) is 0 Å². The summed E-state index contributed by atoms with van der Waals surface area (Å²) >= 11 is 0. The first-order chi connectivity index (χ1) is 10.3. The molecule has 1 aromatic carbocycles. The van der Waals surface area contributed by atoms with Crippen LogP contribution in [0, 0.1) is 0 Å². The number of pyridine rings is 1.